The molecule has 0 atom stereocenters. The lowest BCUT2D eigenvalue weighted by Gasteiger charge is -2.34. The quantitative estimate of drug-likeness (QED) is 0.871. The first kappa shape index (κ1) is 18.0. The number of amides is 2. The predicted molar refractivity (Wildman–Crippen MR) is 83.3 cm³/mol. The number of likely N-dealkylation sites (tertiary alicyclic amines) is 1. The number of ketones is 1. The van der Waals surface area contributed by atoms with Crippen LogP contribution in [0.1, 0.15) is 54.4 Å². The molecule has 0 aromatic carbocycles. The van der Waals surface area contributed by atoms with Gasteiger partial charge in [0.2, 0.25) is 0 Å². The minimum absolute atomic E-state index is 0.0195. The third kappa shape index (κ3) is 6.93. The number of ether oxygens (including phenoxy) is 1. The summed E-state index contributed by atoms with van der Waals surface area (Å²) in [5.41, 5.74) is -0.521. The third-order valence-electron chi connectivity index (χ3n) is 3.37. The van der Waals surface area contributed by atoms with Crippen LogP contribution in [0, 0.1) is 5.92 Å². The highest BCUT2D eigenvalue weighted by molar-refractivity contribution is 5.83. The maximum absolute atomic E-state index is 12.1. The summed E-state index contributed by atoms with van der Waals surface area (Å²) in [6.45, 7) is 13.2. The van der Waals surface area contributed by atoms with Gasteiger partial charge in [-0.3, -0.25) is 4.79 Å². The lowest BCUT2D eigenvalue weighted by atomic mass is 9.93. The molecular formula is C16H30N2O3. The van der Waals surface area contributed by atoms with Crippen molar-refractivity contribution < 1.29 is 14.3 Å². The highest BCUT2D eigenvalue weighted by Gasteiger charge is 2.29. The Morgan fingerprint density at radius 1 is 1.10 bits per heavy atom. The molecule has 0 bridgehead atoms. The summed E-state index contributed by atoms with van der Waals surface area (Å²) in [5.74, 6) is 0.173. The lowest BCUT2D eigenvalue weighted by molar-refractivity contribution is -0.133. The number of Topliss-reactive ketones (excluding diaryl/α,β-unsaturated/α-hetero) is 1. The zero-order valence-corrected chi connectivity index (χ0v) is 14.3. The summed E-state index contributed by atoms with van der Waals surface area (Å²) in [5, 5.41) is 2.96. The number of rotatable bonds is 3. The van der Waals surface area contributed by atoms with Gasteiger partial charge >= 0.3 is 6.03 Å². The predicted octanol–water partition coefficient (Wildman–Crippen LogP) is 2.59. The lowest BCUT2D eigenvalue weighted by Crippen LogP contribution is -2.51. The fourth-order valence-electron chi connectivity index (χ4n) is 2.21. The van der Waals surface area contributed by atoms with Crippen LogP contribution in [-0.4, -0.2) is 47.6 Å². The Hall–Kier alpha value is -1.10. The molecule has 1 aliphatic rings. The molecule has 1 saturated heterocycles. The Kier molecular flexibility index (Phi) is 5.79. The molecule has 0 aliphatic carbocycles. The van der Waals surface area contributed by atoms with Crippen LogP contribution >= 0.6 is 0 Å². The Bertz CT molecular complexity index is 372. The van der Waals surface area contributed by atoms with Gasteiger partial charge in [0.1, 0.15) is 6.61 Å². The molecule has 0 spiro atoms. The van der Waals surface area contributed by atoms with Gasteiger partial charge in [0.25, 0.3) is 0 Å². The summed E-state index contributed by atoms with van der Waals surface area (Å²) in [7, 11) is 0. The third-order valence-corrected chi connectivity index (χ3v) is 3.37. The zero-order valence-electron chi connectivity index (χ0n) is 14.3. The number of piperidine rings is 1. The van der Waals surface area contributed by atoms with Gasteiger partial charge in [-0.2, -0.15) is 0 Å². The van der Waals surface area contributed by atoms with Crippen molar-refractivity contribution in [2.45, 2.75) is 65.5 Å². The standard InChI is InChI=1S/C16H30N2O3/c1-15(2,3)17-14(20)18-9-7-12(8-10-18)13(19)11-21-16(4,5)6/h12H,7-11H2,1-6H3,(H,17,20). The van der Waals surface area contributed by atoms with Crippen LogP contribution in [0.4, 0.5) is 4.79 Å². The van der Waals surface area contributed by atoms with Crippen molar-refractivity contribution >= 4 is 11.8 Å². The zero-order chi connectivity index (χ0) is 16.3. The van der Waals surface area contributed by atoms with Gasteiger partial charge in [-0.25, -0.2) is 4.79 Å². The fraction of sp³-hybridized carbons (Fsp3) is 0.875. The van der Waals surface area contributed by atoms with Gasteiger partial charge in [-0.1, -0.05) is 0 Å². The SMILES string of the molecule is CC(C)(C)NC(=O)N1CCC(C(=O)COC(C)(C)C)CC1. The van der Waals surface area contributed by atoms with Crippen LogP contribution < -0.4 is 5.32 Å². The van der Waals surface area contributed by atoms with E-state index in [0.29, 0.717) is 13.1 Å². The largest absolute Gasteiger partial charge is 0.368 e. The molecule has 1 N–H and O–H groups in total. The van der Waals surface area contributed by atoms with Crippen molar-refractivity contribution in [3.05, 3.63) is 0 Å². The van der Waals surface area contributed by atoms with Crippen LogP contribution in [-0.2, 0) is 9.53 Å². The molecule has 1 fully saturated rings. The molecule has 5 nitrogen and oxygen atoms in total. The molecular weight excluding hydrogens is 268 g/mol. The van der Waals surface area contributed by atoms with Gasteiger partial charge < -0.3 is 15.0 Å². The van der Waals surface area contributed by atoms with Crippen LogP contribution in [0.5, 0.6) is 0 Å². The van der Waals surface area contributed by atoms with E-state index in [2.05, 4.69) is 5.32 Å². The van der Waals surface area contributed by atoms with Crippen LogP contribution in [0.3, 0.4) is 0 Å². The molecule has 1 heterocycles. The fourth-order valence-corrected chi connectivity index (χ4v) is 2.21. The Morgan fingerprint density at radius 2 is 1.62 bits per heavy atom. The molecule has 0 aromatic rings. The van der Waals surface area contributed by atoms with Crippen LogP contribution in [0.25, 0.3) is 0 Å². The summed E-state index contributed by atoms with van der Waals surface area (Å²) in [6, 6.07) is -0.0423. The summed E-state index contributed by atoms with van der Waals surface area (Å²) in [4.78, 5) is 25.9. The molecule has 0 saturated carbocycles. The molecule has 0 radical (unpaired) electrons. The van der Waals surface area contributed by atoms with Gasteiger partial charge in [-0.05, 0) is 54.4 Å². The van der Waals surface area contributed by atoms with E-state index in [-0.39, 0.29) is 35.5 Å². The number of carbonyl (C=O) groups is 2. The molecule has 1 rings (SSSR count). The first-order valence-electron chi connectivity index (χ1n) is 7.72. The van der Waals surface area contributed by atoms with E-state index in [9.17, 15) is 9.59 Å². The van der Waals surface area contributed by atoms with Gasteiger partial charge in [0.15, 0.2) is 5.78 Å². The van der Waals surface area contributed by atoms with Crippen molar-refractivity contribution in [1.82, 2.24) is 10.2 Å². The summed E-state index contributed by atoms with van der Waals surface area (Å²) < 4.78 is 5.54. The minimum Gasteiger partial charge on any atom is -0.368 e. The highest BCUT2D eigenvalue weighted by atomic mass is 16.5. The van der Waals surface area contributed by atoms with E-state index in [0.717, 1.165) is 12.8 Å². The number of hydrogen-bond donors (Lipinski definition) is 1. The topological polar surface area (TPSA) is 58.6 Å². The first-order chi connectivity index (χ1) is 9.48. The average molecular weight is 298 g/mol. The van der Waals surface area contributed by atoms with Crippen molar-refractivity contribution in [3.8, 4) is 0 Å². The number of nitrogens with one attached hydrogen (secondary N) is 1. The maximum Gasteiger partial charge on any atom is 0.317 e. The molecule has 5 heteroatoms. The second-order valence-electron chi connectivity index (χ2n) is 7.81. The summed E-state index contributed by atoms with van der Waals surface area (Å²) in [6.07, 6.45) is 1.45. The molecule has 1 aliphatic heterocycles. The molecule has 0 aromatic heterocycles. The smallest absolute Gasteiger partial charge is 0.317 e. The molecule has 21 heavy (non-hydrogen) atoms. The monoisotopic (exact) mass is 298 g/mol. The second-order valence-corrected chi connectivity index (χ2v) is 7.81. The van der Waals surface area contributed by atoms with Gasteiger partial charge in [0, 0.05) is 24.5 Å². The van der Waals surface area contributed by atoms with Gasteiger partial charge in [-0.15, -0.1) is 0 Å². The number of urea groups is 1. The Morgan fingerprint density at radius 3 is 2.05 bits per heavy atom. The normalized spacial score (nSPS) is 17.7. The van der Waals surface area contributed by atoms with E-state index in [1.54, 1.807) is 4.90 Å². The Balaban J connectivity index is 2.38. The van der Waals surface area contributed by atoms with Crippen LogP contribution in [0.15, 0.2) is 0 Å². The van der Waals surface area contributed by atoms with E-state index in [1.165, 1.54) is 0 Å². The number of hydrogen-bond acceptors (Lipinski definition) is 3. The van der Waals surface area contributed by atoms with Crippen molar-refractivity contribution in [1.29, 1.82) is 0 Å². The number of carbonyl (C=O) groups excluding carboxylic acids is 2. The Labute approximate surface area is 128 Å². The van der Waals surface area contributed by atoms with Crippen molar-refractivity contribution in [3.63, 3.8) is 0 Å². The van der Waals surface area contributed by atoms with Crippen molar-refractivity contribution in [2.75, 3.05) is 19.7 Å². The second kappa shape index (κ2) is 6.77. The molecule has 122 valence electrons. The van der Waals surface area contributed by atoms with E-state index >= 15 is 0 Å². The molecule has 0 unspecified atom stereocenters. The van der Waals surface area contributed by atoms with E-state index < -0.39 is 0 Å². The van der Waals surface area contributed by atoms with Crippen LogP contribution in [0.2, 0.25) is 0 Å². The highest BCUT2D eigenvalue weighted by Crippen LogP contribution is 2.20. The van der Waals surface area contributed by atoms with Gasteiger partial charge in [0.05, 0.1) is 5.60 Å². The minimum atomic E-state index is -0.289. The van der Waals surface area contributed by atoms with Crippen molar-refractivity contribution in [2.24, 2.45) is 5.92 Å². The van der Waals surface area contributed by atoms with E-state index in [4.69, 9.17) is 4.74 Å². The summed E-state index contributed by atoms with van der Waals surface area (Å²) >= 11 is 0. The van der Waals surface area contributed by atoms with E-state index in [1.807, 2.05) is 41.5 Å². The molecule has 2 amide bonds. The maximum atomic E-state index is 12.1. The first-order valence-corrected chi connectivity index (χ1v) is 7.72. The number of nitrogens with zero attached hydrogens (tertiary/aromatic N) is 1. The average Bonchev–Trinajstić information content (AvgIpc) is 2.33.